The van der Waals surface area contributed by atoms with Crippen LogP contribution in [0.2, 0.25) is 0 Å². The molecule has 2 N–H and O–H groups in total. The number of aliphatic hydroxyl groups is 1. The SMILES string of the molecule is Cc1cc(C[C@@H]2CN(C(=O)c3ccsc3)C[C@H]2O)n[nH]1. The number of carbonyl (C=O) groups excluding carboxylic acids is 1. The summed E-state index contributed by atoms with van der Waals surface area (Å²) in [6, 6.07) is 3.81. The Morgan fingerprint density at radius 2 is 2.45 bits per heavy atom. The Morgan fingerprint density at radius 1 is 1.60 bits per heavy atom. The van der Waals surface area contributed by atoms with Crippen LogP contribution in [0, 0.1) is 12.8 Å². The Bertz CT molecular complexity index is 593. The summed E-state index contributed by atoms with van der Waals surface area (Å²) in [5.41, 5.74) is 2.66. The van der Waals surface area contributed by atoms with E-state index in [0.29, 0.717) is 25.1 Å². The summed E-state index contributed by atoms with van der Waals surface area (Å²) < 4.78 is 0. The first-order valence-corrected chi connectivity index (χ1v) is 7.58. The van der Waals surface area contributed by atoms with Crippen molar-refractivity contribution in [2.45, 2.75) is 19.4 Å². The highest BCUT2D eigenvalue weighted by Crippen LogP contribution is 2.23. The third kappa shape index (κ3) is 2.62. The van der Waals surface area contributed by atoms with Crippen LogP contribution in [0.1, 0.15) is 21.7 Å². The molecule has 0 aromatic carbocycles. The van der Waals surface area contributed by atoms with E-state index in [1.54, 1.807) is 4.90 Å². The second-order valence-electron chi connectivity index (χ2n) is 5.30. The highest BCUT2D eigenvalue weighted by Gasteiger charge is 2.34. The molecular weight excluding hydrogens is 274 g/mol. The summed E-state index contributed by atoms with van der Waals surface area (Å²) >= 11 is 1.51. The quantitative estimate of drug-likeness (QED) is 0.899. The van der Waals surface area contributed by atoms with Gasteiger partial charge in [-0.2, -0.15) is 16.4 Å². The molecule has 5 nitrogen and oxygen atoms in total. The fraction of sp³-hybridized carbons (Fsp3) is 0.429. The lowest BCUT2D eigenvalue weighted by Gasteiger charge is -2.14. The number of nitrogens with one attached hydrogen (secondary N) is 1. The molecule has 6 heteroatoms. The molecule has 0 bridgehead atoms. The maximum absolute atomic E-state index is 12.3. The largest absolute Gasteiger partial charge is 0.391 e. The summed E-state index contributed by atoms with van der Waals surface area (Å²) in [6.45, 7) is 2.94. The fourth-order valence-electron chi connectivity index (χ4n) is 2.64. The smallest absolute Gasteiger partial charge is 0.254 e. The third-order valence-corrected chi connectivity index (χ3v) is 4.38. The topological polar surface area (TPSA) is 69.2 Å². The van der Waals surface area contributed by atoms with Crippen molar-refractivity contribution in [3.8, 4) is 0 Å². The number of thiophene rings is 1. The van der Waals surface area contributed by atoms with Gasteiger partial charge in [0.05, 0.1) is 17.4 Å². The van der Waals surface area contributed by atoms with Crippen molar-refractivity contribution in [2.75, 3.05) is 13.1 Å². The van der Waals surface area contributed by atoms with Gasteiger partial charge in [0.25, 0.3) is 5.91 Å². The first-order valence-electron chi connectivity index (χ1n) is 6.64. The van der Waals surface area contributed by atoms with Crippen LogP contribution in [0.25, 0.3) is 0 Å². The minimum atomic E-state index is -0.477. The average Bonchev–Trinajstić information content (AvgIpc) is 3.12. The number of aromatic amines is 1. The molecule has 1 saturated heterocycles. The van der Waals surface area contributed by atoms with Crippen molar-refractivity contribution in [1.82, 2.24) is 15.1 Å². The van der Waals surface area contributed by atoms with E-state index < -0.39 is 6.10 Å². The Kier molecular flexibility index (Phi) is 3.58. The second kappa shape index (κ2) is 5.38. The van der Waals surface area contributed by atoms with Gasteiger partial charge in [0.2, 0.25) is 0 Å². The Balaban J connectivity index is 1.66. The fourth-order valence-corrected chi connectivity index (χ4v) is 3.27. The summed E-state index contributed by atoms with van der Waals surface area (Å²) in [4.78, 5) is 14.0. The minimum absolute atomic E-state index is 0.00556. The van der Waals surface area contributed by atoms with Crippen molar-refractivity contribution < 1.29 is 9.90 Å². The van der Waals surface area contributed by atoms with Gasteiger partial charge in [-0.15, -0.1) is 0 Å². The Morgan fingerprint density at radius 3 is 3.10 bits per heavy atom. The molecule has 3 rings (SSSR count). The monoisotopic (exact) mass is 291 g/mol. The number of H-pyrrole nitrogens is 1. The van der Waals surface area contributed by atoms with E-state index >= 15 is 0 Å². The lowest BCUT2D eigenvalue weighted by atomic mass is 10.0. The zero-order chi connectivity index (χ0) is 14.1. The normalized spacial score (nSPS) is 22.4. The van der Waals surface area contributed by atoms with Crippen LogP contribution in [-0.2, 0) is 6.42 Å². The van der Waals surface area contributed by atoms with Crippen LogP contribution in [0.15, 0.2) is 22.9 Å². The van der Waals surface area contributed by atoms with E-state index in [1.165, 1.54) is 11.3 Å². The number of hydrogen-bond donors (Lipinski definition) is 2. The lowest BCUT2D eigenvalue weighted by molar-refractivity contribution is 0.0765. The molecule has 1 aliphatic heterocycles. The maximum Gasteiger partial charge on any atom is 0.254 e. The Hall–Kier alpha value is -1.66. The zero-order valence-corrected chi connectivity index (χ0v) is 12.1. The number of aromatic nitrogens is 2. The first-order chi connectivity index (χ1) is 9.63. The Labute approximate surface area is 121 Å². The van der Waals surface area contributed by atoms with Crippen molar-refractivity contribution in [3.63, 3.8) is 0 Å². The molecule has 0 saturated carbocycles. The van der Waals surface area contributed by atoms with Gasteiger partial charge in [-0.1, -0.05) is 0 Å². The number of nitrogens with zero attached hydrogens (tertiary/aromatic N) is 2. The third-order valence-electron chi connectivity index (χ3n) is 3.69. The molecule has 106 valence electrons. The van der Waals surface area contributed by atoms with Crippen LogP contribution in [-0.4, -0.2) is 45.3 Å². The predicted molar refractivity (Wildman–Crippen MR) is 76.7 cm³/mol. The summed E-state index contributed by atoms with van der Waals surface area (Å²) in [6.07, 6.45) is 0.216. The van der Waals surface area contributed by atoms with Gasteiger partial charge in [-0.05, 0) is 30.9 Å². The summed E-state index contributed by atoms with van der Waals surface area (Å²) in [5, 5.41) is 21.0. The standard InChI is InChI=1S/C14H17N3O2S/c1-9-4-12(16-15-9)5-11-6-17(7-13(11)18)14(19)10-2-3-20-8-10/h2-4,8,11,13,18H,5-7H2,1H3,(H,15,16)/t11-,13-/m1/s1. The molecule has 0 aliphatic carbocycles. The molecule has 3 heterocycles. The van der Waals surface area contributed by atoms with Crippen LogP contribution >= 0.6 is 11.3 Å². The zero-order valence-electron chi connectivity index (χ0n) is 11.2. The molecule has 2 atom stereocenters. The van der Waals surface area contributed by atoms with Crippen molar-refractivity contribution in [3.05, 3.63) is 39.8 Å². The van der Waals surface area contributed by atoms with E-state index in [-0.39, 0.29) is 11.8 Å². The van der Waals surface area contributed by atoms with Gasteiger partial charge in [-0.25, -0.2) is 0 Å². The van der Waals surface area contributed by atoms with Crippen LogP contribution in [0.5, 0.6) is 0 Å². The first kappa shape index (κ1) is 13.3. The van der Waals surface area contributed by atoms with Crippen LogP contribution in [0.3, 0.4) is 0 Å². The molecule has 0 unspecified atom stereocenters. The van der Waals surface area contributed by atoms with E-state index in [0.717, 1.165) is 11.4 Å². The van der Waals surface area contributed by atoms with Crippen molar-refractivity contribution >= 4 is 17.2 Å². The number of hydrogen-bond acceptors (Lipinski definition) is 4. The highest BCUT2D eigenvalue weighted by molar-refractivity contribution is 7.08. The molecule has 20 heavy (non-hydrogen) atoms. The minimum Gasteiger partial charge on any atom is -0.391 e. The average molecular weight is 291 g/mol. The van der Waals surface area contributed by atoms with Gasteiger partial charge in [0.1, 0.15) is 0 Å². The number of carbonyl (C=O) groups is 1. The van der Waals surface area contributed by atoms with E-state index in [1.807, 2.05) is 29.8 Å². The van der Waals surface area contributed by atoms with Crippen molar-refractivity contribution in [1.29, 1.82) is 0 Å². The maximum atomic E-state index is 12.3. The van der Waals surface area contributed by atoms with E-state index in [9.17, 15) is 9.90 Å². The number of rotatable bonds is 3. The van der Waals surface area contributed by atoms with Crippen molar-refractivity contribution in [2.24, 2.45) is 5.92 Å². The molecule has 2 aromatic rings. The molecule has 1 fully saturated rings. The number of aliphatic hydroxyl groups excluding tert-OH is 1. The van der Waals surface area contributed by atoms with Gasteiger partial charge in [-0.3, -0.25) is 9.89 Å². The molecule has 2 aromatic heterocycles. The van der Waals surface area contributed by atoms with E-state index in [4.69, 9.17) is 0 Å². The molecule has 0 spiro atoms. The molecule has 1 amide bonds. The highest BCUT2D eigenvalue weighted by atomic mass is 32.1. The number of aryl methyl sites for hydroxylation is 1. The number of amides is 1. The number of likely N-dealkylation sites (tertiary alicyclic amines) is 1. The van der Waals surface area contributed by atoms with Crippen LogP contribution in [0.4, 0.5) is 0 Å². The molecule has 0 radical (unpaired) electrons. The molecular formula is C14H17N3O2S. The molecule has 1 aliphatic rings. The second-order valence-corrected chi connectivity index (χ2v) is 6.08. The van der Waals surface area contributed by atoms with Gasteiger partial charge in [0, 0.05) is 30.1 Å². The van der Waals surface area contributed by atoms with E-state index in [2.05, 4.69) is 10.2 Å². The lowest BCUT2D eigenvalue weighted by Crippen LogP contribution is -2.29. The van der Waals surface area contributed by atoms with Gasteiger partial charge < -0.3 is 10.0 Å². The number of β-amino-alcohol motifs (C(OH)–C–C–N with tert-alkyl or cyclic N) is 1. The summed E-state index contributed by atoms with van der Waals surface area (Å²) in [7, 11) is 0. The van der Waals surface area contributed by atoms with Crippen LogP contribution < -0.4 is 0 Å². The van der Waals surface area contributed by atoms with Gasteiger partial charge >= 0.3 is 0 Å². The predicted octanol–water partition coefficient (Wildman–Crippen LogP) is 1.46. The van der Waals surface area contributed by atoms with Gasteiger partial charge in [0.15, 0.2) is 0 Å². The summed E-state index contributed by atoms with van der Waals surface area (Å²) in [5.74, 6) is 0.0614.